The number of morpholine rings is 1. The van der Waals surface area contributed by atoms with Gasteiger partial charge in [0, 0.05) is 4.88 Å². The zero-order valence-corrected chi connectivity index (χ0v) is 10.5. The molecule has 1 aromatic heterocycles. The van der Waals surface area contributed by atoms with Crippen molar-refractivity contribution >= 4 is 17.2 Å². The van der Waals surface area contributed by atoms with Crippen molar-refractivity contribution in [2.45, 2.75) is 32.4 Å². The van der Waals surface area contributed by atoms with E-state index < -0.39 is 0 Å². The van der Waals surface area contributed by atoms with Crippen LogP contribution in [0, 0.1) is 0 Å². The van der Waals surface area contributed by atoms with E-state index in [-0.39, 0.29) is 18.0 Å². The molecule has 0 aliphatic carbocycles. The predicted octanol–water partition coefficient (Wildman–Crippen LogP) is 1.93. The first-order valence-corrected chi connectivity index (χ1v) is 6.47. The Kier molecular flexibility index (Phi) is 3.61. The molecule has 1 aliphatic heterocycles. The van der Waals surface area contributed by atoms with Crippen LogP contribution in [-0.4, -0.2) is 36.1 Å². The third-order valence-electron chi connectivity index (χ3n) is 2.86. The highest BCUT2D eigenvalue weighted by molar-refractivity contribution is 7.10. The third-order valence-corrected chi connectivity index (χ3v) is 3.74. The van der Waals surface area contributed by atoms with Crippen LogP contribution < -0.4 is 0 Å². The standard InChI is InChI=1S/C12H17NO2S/c1-9-7-15-8-10(2)13(9)12(14)6-11-4-3-5-16-11/h3-5,9-10H,6-8H2,1-2H3/t9-,10-/m0/s1. The van der Waals surface area contributed by atoms with Crippen LogP contribution >= 0.6 is 11.3 Å². The number of nitrogens with zero attached hydrogens (tertiary/aromatic N) is 1. The monoisotopic (exact) mass is 239 g/mol. The highest BCUT2D eigenvalue weighted by atomic mass is 32.1. The van der Waals surface area contributed by atoms with Crippen LogP contribution in [0.4, 0.5) is 0 Å². The summed E-state index contributed by atoms with van der Waals surface area (Å²) in [6, 6.07) is 4.38. The van der Waals surface area contributed by atoms with Gasteiger partial charge in [0.1, 0.15) is 0 Å². The number of carbonyl (C=O) groups excluding carboxylic acids is 1. The molecule has 0 aromatic carbocycles. The zero-order chi connectivity index (χ0) is 11.5. The summed E-state index contributed by atoms with van der Waals surface area (Å²) in [7, 11) is 0. The van der Waals surface area contributed by atoms with Crippen molar-refractivity contribution in [2.24, 2.45) is 0 Å². The minimum absolute atomic E-state index is 0.191. The molecule has 1 fully saturated rings. The number of thiophene rings is 1. The van der Waals surface area contributed by atoms with Crippen molar-refractivity contribution in [1.29, 1.82) is 0 Å². The summed E-state index contributed by atoms with van der Waals surface area (Å²) in [4.78, 5) is 15.3. The Hall–Kier alpha value is -0.870. The number of rotatable bonds is 2. The quantitative estimate of drug-likeness (QED) is 0.789. The highest BCUT2D eigenvalue weighted by Crippen LogP contribution is 2.17. The van der Waals surface area contributed by atoms with Gasteiger partial charge in [-0.2, -0.15) is 0 Å². The Balaban J connectivity index is 2.02. The number of amides is 1. The van der Waals surface area contributed by atoms with Crippen molar-refractivity contribution in [3.05, 3.63) is 22.4 Å². The van der Waals surface area contributed by atoms with E-state index in [4.69, 9.17) is 4.74 Å². The molecule has 0 radical (unpaired) electrons. The maximum Gasteiger partial charge on any atom is 0.228 e. The molecule has 2 heterocycles. The SMILES string of the molecule is C[C@H]1COC[C@H](C)N1C(=O)Cc1cccs1. The molecule has 88 valence electrons. The second-order valence-corrected chi connectivity index (χ2v) is 5.32. The second-order valence-electron chi connectivity index (χ2n) is 4.29. The maximum absolute atomic E-state index is 12.2. The molecule has 4 heteroatoms. The lowest BCUT2D eigenvalue weighted by Crippen LogP contribution is -2.52. The normalized spacial score (nSPS) is 25.8. The predicted molar refractivity (Wildman–Crippen MR) is 64.6 cm³/mol. The molecule has 0 saturated carbocycles. The van der Waals surface area contributed by atoms with E-state index in [1.165, 1.54) is 0 Å². The van der Waals surface area contributed by atoms with Gasteiger partial charge in [0.25, 0.3) is 0 Å². The largest absolute Gasteiger partial charge is 0.377 e. The fourth-order valence-electron chi connectivity index (χ4n) is 2.15. The van der Waals surface area contributed by atoms with Gasteiger partial charge in [0.05, 0.1) is 31.7 Å². The highest BCUT2D eigenvalue weighted by Gasteiger charge is 2.29. The Bertz CT molecular complexity index is 340. The smallest absolute Gasteiger partial charge is 0.228 e. The van der Waals surface area contributed by atoms with Gasteiger partial charge in [0.2, 0.25) is 5.91 Å². The van der Waals surface area contributed by atoms with E-state index in [1.807, 2.05) is 36.3 Å². The average molecular weight is 239 g/mol. The summed E-state index contributed by atoms with van der Waals surface area (Å²) in [6.07, 6.45) is 0.520. The molecule has 1 aliphatic rings. The van der Waals surface area contributed by atoms with Crippen LogP contribution in [0.3, 0.4) is 0 Å². The van der Waals surface area contributed by atoms with Crippen molar-refractivity contribution in [1.82, 2.24) is 4.90 Å². The van der Waals surface area contributed by atoms with Crippen molar-refractivity contribution in [3.63, 3.8) is 0 Å². The summed E-state index contributed by atoms with van der Waals surface area (Å²) in [5.41, 5.74) is 0. The van der Waals surface area contributed by atoms with E-state index in [9.17, 15) is 4.79 Å². The average Bonchev–Trinajstić information content (AvgIpc) is 2.70. The van der Waals surface area contributed by atoms with Gasteiger partial charge in [-0.25, -0.2) is 0 Å². The summed E-state index contributed by atoms with van der Waals surface area (Å²) in [5.74, 6) is 0.214. The molecule has 1 amide bonds. The van der Waals surface area contributed by atoms with Crippen LogP contribution in [0.1, 0.15) is 18.7 Å². The molecule has 16 heavy (non-hydrogen) atoms. The third kappa shape index (κ3) is 2.44. The van der Waals surface area contributed by atoms with Gasteiger partial charge >= 0.3 is 0 Å². The molecule has 0 bridgehead atoms. The zero-order valence-electron chi connectivity index (χ0n) is 9.68. The molecule has 2 atom stereocenters. The first-order chi connectivity index (χ1) is 7.68. The Labute approximate surface area is 100 Å². The van der Waals surface area contributed by atoms with Gasteiger partial charge in [-0.1, -0.05) is 6.07 Å². The molecule has 0 N–H and O–H groups in total. The summed E-state index contributed by atoms with van der Waals surface area (Å²) in [6.45, 7) is 5.39. The fourth-order valence-corrected chi connectivity index (χ4v) is 2.85. The van der Waals surface area contributed by atoms with Gasteiger partial charge in [-0.05, 0) is 25.3 Å². The lowest BCUT2D eigenvalue weighted by molar-refractivity contribution is -0.143. The van der Waals surface area contributed by atoms with Crippen LogP contribution in [0.5, 0.6) is 0 Å². The number of hydrogen-bond donors (Lipinski definition) is 0. The van der Waals surface area contributed by atoms with Crippen molar-refractivity contribution in [3.8, 4) is 0 Å². The van der Waals surface area contributed by atoms with Crippen LogP contribution in [0.15, 0.2) is 17.5 Å². The van der Waals surface area contributed by atoms with Gasteiger partial charge < -0.3 is 9.64 Å². The minimum atomic E-state index is 0.191. The molecule has 1 saturated heterocycles. The van der Waals surface area contributed by atoms with Crippen molar-refractivity contribution < 1.29 is 9.53 Å². The van der Waals surface area contributed by atoms with Crippen LogP contribution in [-0.2, 0) is 16.0 Å². The Morgan fingerprint density at radius 1 is 1.50 bits per heavy atom. The van der Waals surface area contributed by atoms with E-state index in [1.54, 1.807) is 11.3 Å². The van der Waals surface area contributed by atoms with Crippen molar-refractivity contribution in [2.75, 3.05) is 13.2 Å². The number of carbonyl (C=O) groups is 1. The Morgan fingerprint density at radius 3 is 2.75 bits per heavy atom. The Morgan fingerprint density at radius 2 is 2.19 bits per heavy atom. The first kappa shape index (κ1) is 11.6. The van der Waals surface area contributed by atoms with E-state index in [0.717, 1.165) is 4.88 Å². The molecule has 1 aromatic rings. The van der Waals surface area contributed by atoms with Gasteiger partial charge in [0.15, 0.2) is 0 Å². The molecule has 3 nitrogen and oxygen atoms in total. The summed E-state index contributed by atoms with van der Waals surface area (Å²) >= 11 is 1.64. The summed E-state index contributed by atoms with van der Waals surface area (Å²) < 4.78 is 5.42. The fraction of sp³-hybridized carbons (Fsp3) is 0.583. The molecular weight excluding hydrogens is 222 g/mol. The molecule has 2 rings (SSSR count). The first-order valence-electron chi connectivity index (χ1n) is 5.59. The van der Waals surface area contributed by atoms with E-state index in [2.05, 4.69) is 0 Å². The minimum Gasteiger partial charge on any atom is -0.377 e. The molecular formula is C12H17NO2S. The van der Waals surface area contributed by atoms with Crippen LogP contribution in [0.25, 0.3) is 0 Å². The number of hydrogen-bond acceptors (Lipinski definition) is 3. The molecule has 0 unspecified atom stereocenters. The van der Waals surface area contributed by atoms with E-state index >= 15 is 0 Å². The summed E-state index contributed by atoms with van der Waals surface area (Å²) in [5, 5.41) is 2.01. The van der Waals surface area contributed by atoms with Gasteiger partial charge in [-0.3, -0.25) is 4.79 Å². The topological polar surface area (TPSA) is 29.5 Å². The number of ether oxygens (including phenoxy) is 1. The lowest BCUT2D eigenvalue weighted by Gasteiger charge is -2.38. The molecule has 0 spiro atoms. The lowest BCUT2D eigenvalue weighted by atomic mass is 10.1. The maximum atomic E-state index is 12.2. The van der Waals surface area contributed by atoms with Crippen LogP contribution in [0.2, 0.25) is 0 Å². The van der Waals surface area contributed by atoms with E-state index in [0.29, 0.717) is 19.6 Å². The second kappa shape index (κ2) is 4.97. The van der Waals surface area contributed by atoms with Gasteiger partial charge in [-0.15, -0.1) is 11.3 Å².